The lowest BCUT2D eigenvalue weighted by Crippen LogP contribution is -2.41. The van der Waals surface area contributed by atoms with Crippen LogP contribution in [0.5, 0.6) is 0 Å². The molecule has 162 valence electrons. The van der Waals surface area contributed by atoms with Crippen molar-refractivity contribution in [3.63, 3.8) is 0 Å². The fraction of sp³-hybridized carbons (Fsp3) is 0.263. The highest BCUT2D eigenvalue weighted by Crippen LogP contribution is 2.30. The summed E-state index contributed by atoms with van der Waals surface area (Å²) in [7, 11) is 1.34. The quantitative estimate of drug-likeness (QED) is 0.371. The number of halogens is 3. The molecule has 5 N–H and O–H groups in total. The van der Waals surface area contributed by atoms with Crippen molar-refractivity contribution in [1.82, 2.24) is 15.4 Å². The average molecular weight is 442 g/mol. The number of nitrogen functional groups attached to an aromatic ring is 1. The Kier molecular flexibility index (Phi) is 8.36. The van der Waals surface area contributed by atoms with Crippen LogP contribution in [0.1, 0.15) is 17.2 Å². The van der Waals surface area contributed by atoms with Crippen LogP contribution in [0.2, 0.25) is 0 Å². The first-order valence-corrected chi connectivity index (χ1v) is 9.53. The van der Waals surface area contributed by atoms with Crippen LogP contribution >= 0.6 is 11.9 Å². The highest BCUT2D eigenvalue weighted by atomic mass is 32.2. The third kappa shape index (κ3) is 7.16. The molecule has 3 amide bonds. The van der Waals surface area contributed by atoms with Crippen LogP contribution in [-0.4, -0.2) is 32.2 Å². The molecule has 0 radical (unpaired) electrons. The van der Waals surface area contributed by atoms with E-state index < -0.39 is 29.7 Å². The minimum Gasteiger partial charge on any atom is -0.398 e. The smallest absolute Gasteiger partial charge is 0.398 e. The van der Waals surface area contributed by atoms with Crippen molar-refractivity contribution in [3.05, 3.63) is 59.7 Å². The van der Waals surface area contributed by atoms with E-state index in [1.165, 1.54) is 19.2 Å². The van der Waals surface area contributed by atoms with Gasteiger partial charge in [-0.05, 0) is 41.8 Å². The average Bonchev–Trinajstić information content (AvgIpc) is 2.70. The summed E-state index contributed by atoms with van der Waals surface area (Å²) in [4.78, 5) is 24.6. The Morgan fingerprint density at radius 3 is 2.57 bits per heavy atom. The Balaban J connectivity index is 2.12. The maximum absolute atomic E-state index is 13.1. The number of nitrogens with two attached hydrogens (primary N) is 1. The van der Waals surface area contributed by atoms with E-state index in [1.54, 1.807) is 24.3 Å². The number of ether oxygens (including phenoxy) is 1. The van der Waals surface area contributed by atoms with Gasteiger partial charge in [0.25, 0.3) is 0 Å². The van der Waals surface area contributed by atoms with Crippen molar-refractivity contribution in [3.8, 4) is 0 Å². The summed E-state index contributed by atoms with van der Waals surface area (Å²) in [6.07, 6.45) is -4.54. The van der Waals surface area contributed by atoms with E-state index in [1.807, 2.05) is 0 Å². The van der Waals surface area contributed by atoms with E-state index in [9.17, 15) is 22.8 Å². The number of carbonyl (C=O) groups is 2. The molecule has 0 bridgehead atoms. The van der Waals surface area contributed by atoms with Crippen LogP contribution in [0.15, 0.2) is 53.4 Å². The molecular formula is C19H21F3N4O3S. The first-order valence-electron chi connectivity index (χ1n) is 8.71. The lowest BCUT2D eigenvalue weighted by atomic mass is 10.0. The molecule has 0 unspecified atom stereocenters. The first-order chi connectivity index (χ1) is 14.2. The van der Waals surface area contributed by atoms with Crippen LogP contribution in [0.25, 0.3) is 0 Å². The normalized spacial score (nSPS) is 12.1. The van der Waals surface area contributed by atoms with E-state index in [0.717, 1.165) is 24.1 Å². The molecule has 0 aliphatic carbocycles. The Morgan fingerprint density at radius 1 is 1.17 bits per heavy atom. The van der Waals surface area contributed by atoms with Crippen molar-refractivity contribution in [1.29, 1.82) is 0 Å². The van der Waals surface area contributed by atoms with Gasteiger partial charge < -0.3 is 21.1 Å². The van der Waals surface area contributed by atoms with Crippen molar-refractivity contribution in [2.24, 2.45) is 0 Å². The Hall–Kier alpha value is -2.92. The number of rotatable bonds is 8. The second-order valence-corrected chi connectivity index (χ2v) is 6.98. The molecule has 1 atom stereocenters. The van der Waals surface area contributed by atoms with E-state index in [4.69, 9.17) is 10.5 Å². The highest BCUT2D eigenvalue weighted by molar-refractivity contribution is 7.98. The molecule has 0 spiro atoms. The molecule has 30 heavy (non-hydrogen) atoms. The summed E-state index contributed by atoms with van der Waals surface area (Å²) in [5, 5.41) is 5.08. The first kappa shape index (κ1) is 23.4. The maximum Gasteiger partial charge on any atom is 0.416 e. The third-order valence-corrected chi connectivity index (χ3v) is 4.75. The Bertz CT molecular complexity index is 880. The number of methoxy groups -OCH3 is 1. The number of hydrogen-bond acceptors (Lipinski definition) is 5. The number of benzene rings is 2. The molecule has 2 rings (SSSR count). The Morgan fingerprint density at radius 2 is 1.90 bits per heavy atom. The van der Waals surface area contributed by atoms with Crippen molar-refractivity contribution in [2.45, 2.75) is 17.1 Å². The molecule has 11 heteroatoms. The SMILES string of the molecule is COCC(=O)NC[C@H](NC(=O)NSc1ccccc1N)c1cccc(C(F)(F)F)c1. The van der Waals surface area contributed by atoms with Crippen molar-refractivity contribution < 1.29 is 27.5 Å². The number of hydrogen-bond donors (Lipinski definition) is 4. The van der Waals surface area contributed by atoms with Crippen LogP contribution in [0.4, 0.5) is 23.7 Å². The lowest BCUT2D eigenvalue weighted by molar-refractivity contribution is -0.137. The summed E-state index contributed by atoms with van der Waals surface area (Å²) in [5.41, 5.74) is 5.59. The zero-order chi connectivity index (χ0) is 22.1. The Labute approximate surface area is 175 Å². The number of carbonyl (C=O) groups excluding carboxylic acids is 2. The van der Waals surface area contributed by atoms with Gasteiger partial charge in [-0.1, -0.05) is 24.3 Å². The van der Waals surface area contributed by atoms with Crippen LogP contribution < -0.4 is 21.1 Å². The largest absolute Gasteiger partial charge is 0.416 e. The van der Waals surface area contributed by atoms with Gasteiger partial charge in [-0.3, -0.25) is 9.52 Å². The van der Waals surface area contributed by atoms with Gasteiger partial charge in [-0.25, -0.2) is 4.79 Å². The minimum atomic E-state index is -4.54. The number of urea groups is 1. The number of nitrogens with one attached hydrogen (secondary N) is 3. The molecule has 0 aliphatic rings. The monoisotopic (exact) mass is 442 g/mol. The summed E-state index contributed by atoms with van der Waals surface area (Å²) in [5.74, 6) is -0.469. The second-order valence-electron chi connectivity index (χ2n) is 6.13. The van der Waals surface area contributed by atoms with Gasteiger partial charge in [0.1, 0.15) is 6.61 Å². The van der Waals surface area contributed by atoms with E-state index in [0.29, 0.717) is 10.6 Å². The number of anilines is 1. The van der Waals surface area contributed by atoms with Crippen LogP contribution in [-0.2, 0) is 15.7 Å². The summed E-state index contributed by atoms with van der Waals surface area (Å²) in [6, 6.07) is 9.81. The molecule has 0 aromatic heterocycles. The molecule has 0 heterocycles. The minimum absolute atomic E-state index is 0.130. The van der Waals surface area contributed by atoms with Gasteiger partial charge >= 0.3 is 12.2 Å². The molecule has 2 aromatic carbocycles. The van der Waals surface area contributed by atoms with Gasteiger partial charge in [0.15, 0.2) is 0 Å². The summed E-state index contributed by atoms with van der Waals surface area (Å²) >= 11 is 0.958. The molecule has 0 aliphatic heterocycles. The van der Waals surface area contributed by atoms with Crippen molar-refractivity contribution >= 4 is 29.6 Å². The predicted molar refractivity (Wildman–Crippen MR) is 107 cm³/mol. The van der Waals surface area contributed by atoms with Crippen LogP contribution in [0, 0.1) is 0 Å². The van der Waals surface area contributed by atoms with E-state index in [2.05, 4.69) is 15.4 Å². The van der Waals surface area contributed by atoms with E-state index >= 15 is 0 Å². The molecule has 0 saturated carbocycles. The van der Waals surface area contributed by atoms with Gasteiger partial charge in [-0.2, -0.15) is 13.2 Å². The molecule has 0 saturated heterocycles. The van der Waals surface area contributed by atoms with E-state index in [-0.39, 0.29) is 18.7 Å². The molecule has 7 nitrogen and oxygen atoms in total. The standard InChI is InChI=1S/C19H21F3N4O3S/c1-29-11-17(27)24-10-15(12-5-4-6-13(9-12)19(20,21)22)25-18(28)26-30-16-8-3-2-7-14(16)23/h2-9,15H,10-11,23H2,1H3,(H,24,27)(H2,25,26,28)/t15-/m0/s1. The third-order valence-electron chi connectivity index (χ3n) is 3.87. The molecule has 0 fully saturated rings. The zero-order valence-corrected chi connectivity index (χ0v) is 16.8. The lowest BCUT2D eigenvalue weighted by Gasteiger charge is -2.21. The topological polar surface area (TPSA) is 105 Å². The predicted octanol–water partition coefficient (Wildman–Crippen LogP) is 3.10. The van der Waals surface area contributed by atoms with Gasteiger partial charge in [0, 0.05) is 19.3 Å². The summed E-state index contributed by atoms with van der Waals surface area (Å²) < 4.78 is 46.4. The van der Waals surface area contributed by atoms with Crippen LogP contribution in [0.3, 0.4) is 0 Å². The zero-order valence-electron chi connectivity index (χ0n) is 16.0. The number of para-hydroxylation sites is 1. The van der Waals surface area contributed by atoms with Gasteiger partial charge in [0.05, 0.1) is 16.5 Å². The second kappa shape index (κ2) is 10.7. The van der Waals surface area contributed by atoms with Gasteiger partial charge in [0.2, 0.25) is 5.91 Å². The number of alkyl halides is 3. The highest BCUT2D eigenvalue weighted by Gasteiger charge is 2.31. The maximum atomic E-state index is 13.1. The van der Waals surface area contributed by atoms with Crippen molar-refractivity contribution in [2.75, 3.05) is 26.0 Å². The molecule has 2 aromatic rings. The molecular weight excluding hydrogens is 421 g/mol. The fourth-order valence-electron chi connectivity index (χ4n) is 2.44. The van der Waals surface area contributed by atoms with Gasteiger partial charge in [-0.15, -0.1) is 0 Å². The number of amides is 3. The fourth-order valence-corrected chi connectivity index (χ4v) is 3.04. The summed E-state index contributed by atoms with van der Waals surface area (Å²) in [6.45, 7) is -0.348.